The molecular formula is C10H10FNO5. The molecule has 0 amide bonds. The van der Waals surface area contributed by atoms with Gasteiger partial charge in [-0.05, 0) is 6.07 Å². The van der Waals surface area contributed by atoms with Crippen LogP contribution in [0.3, 0.4) is 0 Å². The van der Waals surface area contributed by atoms with Crippen molar-refractivity contribution in [3.05, 3.63) is 34.1 Å². The third kappa shape index (κ3) is 3.49. The number of ketones is 1. The van der Waals surface area contributed by atoms with Gasteiger partial charge >= 0.3 is 5.69 Å². The highest BCUT2D eigenvalue weighted by Gasteiger charge is 2.20. The Bertz CT molecular complexity index is 435. The molecule has 0 aromatic heterocycles. The molecule has 0 radical (unpaired) electrons. The molecule has 0 aliphatic carbocycles. The Morgan fingerprint density at radius 1 is 1.47 bits per heavy atom. The molecule has 0 heterocycles. The van der Waals surface area contributed by atoms with E-state index < -0.39 is 34.6 Å². The summed E-state index contributed by atoms with van der Waals surface area (Å²) < 4.78 is 22.6. The third-order valence-corrected chi connectivity index (χ3v) is 1.83. The van der Waals surface area contributed by atoms with Crippen molar-refractivity contribution in [2.45, 2.75) is 0 Å². The summed E-state index contributed by atoms with van der Waals surface area (Å²) in [5.74, 6) is -1.86. The fourth-order valence-corrected chi connectivity index (χ4v) is 1.14. The minimum atomic E-state index is -0.885. The van der Waals surface area contributed by atoms with Crippen LogP contribution in [0.15, 0.2) is 18.2 Å². The molecule has 6 nitrogen and oxygen atoms in total. The van der Waals surface area contributed by atoms with Crippen molar-refractivity contribution in [1.82, 2.24) is 0 Å². The molecule has 92 valence electrons. The maximum atomic E-state index is 13.3. The zero-order chi connectivity index (χ0) is 12.8. The topological polar surface area (TPSA) is 78.7 Å². The van der Waals surface area contributed by atoms with E-state index in [1.54, 1.807) is 0 Å². The second kappa shape index (κ2) is 5.90. The van der Waals surface area contributed by atoms with Crippen LogP contribution in [0, 0.1) is 15.9 Å². The van der Waals surface area contributed by atoms with Gasteiger partial charge in [0.15, 0.2) is 11.6 Å². The lowest BCUT2D eigenvalue weighted by Crippen LogP contribution is -2.17. The Balaban J connectivity index is 2.82. The Labute approximate surface area is 96.1 Å². The number of carbonyl (C=O) groups excluding carboxylic acids is 1. The fourth-order valence-electron chi connectivity index (χ4n) is 1.14. The molecule has 0 bridgehead atoms. The maximum Gasteiger partial charge on any atom is 0.314 e. The van der Waals surface area contributed by atoms with E-state index in [9.17, 15) is 19.3 Å². The van der Waals surface area contributed by atoms with Gasteiger partial charge in [-0.25, -0.2) is 4.39 Å². The molecule has 0 aliphatic heterocycles. The third-order valence-electron chi connectivity index (χ3n) is 1.83. The molecule has 0 unspecified atom stereocenters. The predicted octanol–water partition coefficient (Wildman–Crippen LogP) is 1.33. The molecule has 1 aromatic carbocycles. The number of methoxy groups -OCH3 is 1. The van der Waals surface area contributed by atoms with E-state index in [1.807, 2.05) is 0 Å². The average Bonchev–Trinajstić information content (AvgIpc) is 2.27. The summed E-state index contributed by atoms with van der Waals surface area (Å²) in [6, 6.07) is 3.31. The molecule has 0 saturated carbocycles. The summed E-state index contributed by atoms with van der Waals surface area (Å²) in [4.78, 5) is 20.9. The van der Waals surface area contributed by atoms with Crippen LogP contribution in [0.5, 0.6) is 5.75 Å². The lowest BCUT2D eigenvalue weighted by Gasteiger charge is -2.06. The molecule has 0 aliphatic rings. The molecule has 0 fully saturated rings. The summed E-state index contributed by atoms with van der Waals surface area (Å²) in [6.07, 6.45) is 0. The van der Waals surface area contributed by atoms with Gasteiger partial charge in [0.05, 0.1) is 4.92 Å². The molecule has 0 saturated heterocycles. The highest BCUT2D eigenvalue weighted by atomic mass is 19.1. The first-order chi connectivity index (χ1) is 8.06. The molecule has 0 atom stereocenters. The number of carbonyl (C=O) groups is 1. The molecule has 1 rings (SSSR count). The average molecular weight is 243 g/mol. The Kier molecular flexibility index (Phi) is 4.53. The molecule has 7 heteroatoms. The quantitative estimate of drug-likeness (QED) is 0.556. The summed E-state index contributed by atoms with van der Waals surface area (Å²) in [7, 11) is 1.32. The number of benzene rings is 1. The van der Waals surface area contributed by atoms with E-state index in [1.165, 1.54) is 13.2 Å². The van der Waals surface area contributed by atoms with E-state index in [-0.39, 0.29) is 6.61 Å². The van der Waals surface area contributed by atoms with E-state index in [0.29, 0.717) is 0 Å². The van der Waals surface area contributed by atoms with Gasteiger partial charge in [-0.3, -0.25) is 14.9 Å². The monoisotopic (exact) mass is 243 g/mol. The largest absolute Gasteiger partial charge is 0.477 e. The smallest absolute Gasteiger partial charge is 0.314 e. The van der Waals surface area contributed by atoms with Crippen molar-refractivity contribution in [3.63, 3.8) is 0 Å². The van der Waals surface area contributed by atoms with Crippen molar-refractivity contribution >= 4 is 11.5 Å². The number of hydrogen-bond acceptors (Lipinski definition) is 5. The second-order valence-corrected chi connectivity index (χ2v) is 3.11. The van der Waals surface area contributed by atoms with Crippen LogP contribution in [0.4, 0.5) is 10.1 Å². The van der Waals surface area contributed by atoms with Crippen LogP contribution in [0.1, 0.15) is 0 Å². The van der Waals surface area contributed by atoms with Crippen LogP contribution in [0.25, 0.3) is 0 Å². The summed E-state index contributed by atoms with van der Waals surface area (Å²) in [5, 5.41) is 10.6. The number of hydrogen-bond donors (Lipinski definition) is 0. The molecule has 17 heavy (non-hydrogen) atoms. The van der Waals surface area contributed by atoms with Gasteiger partial charge in [0, 0.05) is 13.2 Å². The van der Waals surface area contributed by atoms with Crippen molar-refractivity contribution in [2.75, 3.05) is 20.3 Å². The van der Waals surface area contributed by atoms with Crippen LogP contribution in [-0.4, -0.2) is 31.0 Å². The molecule has 0 N–H and O–H groups in total. The molecule has 1 aromatic rings. The van der Waals surface area contributed by atoms with Crippen molar-refractivity contribution in [2.24, 2.45) is 0 Å². The number of nitro benzene ring substituents is 1. The lowest BCUT2D eigenvalue weighted by atomic mass is 10.3. The normalized spacial score (nSPS) is 10.0. The van der Waals surface area contributed by atoms with Gasteiger partial charge in [0.1, 0.15) is 13.2 Å². The number of ether oxygens (including phenoxy) is 2. The number of nitro groups is 1. The highest BCUT2D eigenvalue weighted by molar-refractivity contribution is 5.81. The fraction of sp³-hybridized carbons (Fsp3) is 0.300. The van der Waals surface area contributed by atoms with Crippen LogP contribution >= 0.6 is 0 Å². The first kappa shape index (κ1) is 13.0. The van der Waals surface area contributed by atoms with Crippen molar-refractivity contribution in [3.8, 4) is 5.75 Å². The van der Waals surface area contributed by atoms with E-state index in [2.05, 4.69) is 4.74 Å². The summed E-state index contributed by atoms with van der Waals surface area (Å²) >= 11 is 0. The maximum absolute atomic E-state index is 13.3. The number of Topliss-reactive ketones (excluding diaryl/α,β-unsaturated/α-hetero) is 1. The van der Waals surface area contributed by atoms with E-state index in [4.69, 9.17) is 4.74 Å². The van der Waals surface area contributed by atoms with Crippen LogP contribution in [0.2, 0.25) is 0 Å². The SMILES string of the molecule is COCC(=O)COc1c(F)cccc1[N+](=O)[O-]. The summed E-state index contributed by atoms with van der Waals surface area (Å²) in [5.41, 5.74) is -0.518. The minimum Gasteiger partial charge on any atom is -0.477 e. The van der Waals surface area contributed by atoms with Gasteiger partial charge in [0.2, 0.25) is 5.75 Å². The predicted molar refractivity (Wildman–Crippen MR) is 55.4 cm³/mol. The Hall–Kier alpha value is -2.02. The first-order valence-corrected chi connectivity index (χ1v) is 4.62. The number of para-hydroxylation sites is 1. The van der Waals surface area contributed by atoms with Gasteiger partial charge in [0.25, 0.3) is 0 Å². The van der Waals surface area contributed by atoms with E-state index in [0.717, 1.165) is 12.1 Å². The lowest BCUT2D eigenvalue weighted by molar-refractivity contribution is -0.386. The van der Waals surface area contributed by atoms with Crippen molar-refractivity contribution in [1.29, 1.82) is 0 Å². The van der Waals surface area contributed by atoms with Gasteiger partial charge in [-0.15, -0.1) is 0 Å². The van der Waals surface area contributed by atoms with E-state index >= 15 is 0 Å². The van der Waals surface area contributed by atoms with Gasteiger partial charge in [-0.1, -0.05) is 6.07 Å². The summed E-state index contributed by atoms with van der Waals surface area (Å²) in [6.45, 7) is -0.669. The standard InChI is InChI=1S/C10H10FNO5/c1-16-5-7(13)6-17-10-8(11)3-2-4-9(10)12(14)15/h2-4H,5-6H2,1H3. The Morgan fingerprint density at radius 3 is 2.76 bits per heavy atom. The second-order valence-electron chi connectivity index (χ2n) is 3.11. The van der Waals surface area contributed by atoms with Gasteiger partial charge < -0.3 is 9.47 Å². The first-order valence-electron chi connectivity index (χ1n) is 4.62. The number of nitrogens with zero attached hydrogens (tertiary/aromatic N) is 1. The zero-order valence-corrected chi connectivity index (χ0v) is 9.01. The van der Waals surface area contributed by atoms with Crippen LogP contribution in [-0.2, 0) is 9.53 Å². The van der Waals surface area contributed by atoms with Crippen LogP contribution < -0.4 is 4.74 Å². The minimum absolute atomic E-state index is 0.192. The number of rotatable bonds is 6. The van der Waals surface area contributed by atoms with Gasteiger partial charge in [-0.2, -0.15) is 0 Å². The van der Waals surface area contributed by atoms with Crippen molar-refractivity contribution < 1.29 is 23.6 Å². The molecular weight excluding hydrogens is 233 g/mol. The Morgan fingerprint density at radius 2 is 2.18 bits per heavy atom. The number of halogens is 1. The zero-order valence-electron chi connectivity index (χ0n) is 9.01. The molecule has 0 spiro atoms. The highest BCUT2D eigenvalue weighted by Crippen LogP contribution is 2.29.